The van der Waals surface area contributed by atoms with Crippen molar-refractivity contribution in [1.82, 2.24) is 0 Å². The predicted octanol–water partition coefficient (Wildman–Crippen LogP) is 0.495. The summed E-state index contributed by atoms with van der Waals surface area (Å²) in [5.74, 6) is -0.955. The minimum absolute atomic E-state index is 0.369. The fourth-order valence-corrected chi connectivity index (χ4v) is 4.18. The van der Waals surface area contributed by atoms with E-state index in [9.17, 15) is 19.7 Å². The van der Waals surface area contributed by atoms with Gasteiger partial charge >= 0.3 is 11.9 Å². The highest BCUT2D eigenvalue weighted by Gasteiger charge is 2.76. The molecule has 2 bridgehead atoms. The van der Waals surface area contributed by atoms with E-state index in [1.165, 1.54) is 0 Å². The lowest BCUT2D eigenvalue weighted by atomic mass is 9.66. The van der Waals surface area contributed by atoms with Gasteiger partial charge in [-0.3, -0.25) is 14.9 Å². The molecule has 0 aromatic carbocycles. The number of quaternary nitrogens is 1. The van der Waals surface area contributed by atoms with Gasteiger partial charge in [0.25, 0.3) is 6.20 Å². The van der Waals surface area contributed by atoms with Crippen molar-refractivity contribution in [3.8, 4) is 0 Å². The number of hydrogen-bond donors (Lipinski definition) is 1. The van der Waals surface area contributed by atoms with Crippen LogP contribution in [0.3, 0.4) is 0 Å². The molecule has 3 rings (SSSR count). The number of esters is 2. The maximum absolute atomic E-state index is 12.9. The molecule has 0 aromatic rings. The molecule has 1 aliphatic carbocycles. The van der Waals surface area contributed by atoms with Gasteiger partial charge < -0.3 is 14.8 Å². The van der Waals surface area contributed by atoms with Crippen molar-refractivity contribution in [2.75, 3.05) is 6.54 Å². The van der Waals surface area contributed by atoms with Gasteiger partial charge in [-0.05, 0) is 26.2 Å². The van der Waals surface area contributed by atoms with Crippen molar-refractivity contribution in [1.29, 1.82) is 0 Å². The average Bonchev–Trinajstić information content (AvgIpc) is 2.79. The molecule has 0 spiro atoms. The highest BCUT2D eigenvalue weighted by atomic mass is 16.6. The Balaban J connectivity index is 1.85. The Kier molecular flexibility index (Phi) is 3.71. The smallest absolute Gasteiger partial charge is 0.352 e. The number of nitrogens with two attached hydrogens (primary N) is 1. The summed E-state index contributed by atoms with van der Waals surface area (Å²) in [5, 5.41) is 12.5. The Bertz CT molecular complexity index is 642. The second kappa shape index (κ2) is 5.27. The van der Waals surface area contributed by atoms with Gasteiger partial charge in [-0.2, -0.15) is 0 Å². The van der Waals surface area contributed by atoms with Gasteiger partial charge in [-0.1, -0.05) is 13.8 Å². The SMILES string of the molecule is CC1(C)[C@@]2(C)CC[C@]1(C(=O)O[C@@H]1CCC[NH2+]C1=C[N+](=O)[O-])OC2=O. The Hall–Kier alpha value is -1.96. The third kappa shape index (κ3) is 2.08. The Labute approximate surface area is 139 Å². The van der Waals surface area contributed by atoms with Crippen LogP contribution in [0.25, 0.3) is 0 Å². The zero-order valence-corrected chi connectivity index (χ0v) is 14.2. The van der Waals surface area contributed by atoms with E-state index in [2.05, 4.69) is 0 Å². The van der Waals surface area contributed by atoms with E-state index in [1.807, 2.05) is 20.8 Å². The van der Waals surface area contributed by atoms with Gasteiger partial charge in [-0.15, -0.1) is 0 Å². The number of ether oxygens (including phenoxy) is 2. The first-order chi connectivity index (χ1) is 11.1. The van der Waals surface area contributed by atoms with E-state index < -0.39 is 33.4 Å². The molecule has 1 saturated carbocycles. The molecule has 2 N–H and O–H groups in total. The van der Waals surface area contributed by atoms with Crippen LogP contribution in [0.4, 0.5) is 0 Å². The molecule has 8 nitrogen and oxygen atoms in total. The third-order valence-corrected chi connectivity index (χ3v) is 6.34. The maximum atomic E-state index is 12.9. The highest BCUT2D eigenvalue weighted by Crippen LogP contribution is 2.65. The zero-order chi connectivity index (χ0) is 17.8. The monoisotopic (exact) mass is 339 g/mol. The maximum Gasteiger partial charge on any atom is 0.352 e. The Morgan fingerprint density at radius 1 is 1.42 bits per heavy atom. The molecular weight excluding hydrogens is 316 g/mol. The van der Waals surface area contributed by atoms with Crippen LogP contribution in [0.2, 0.25) is 0 Å². The molecule has 8 heteroatoms. The quantitative estimate of drug-likeness (QED) is 0.455. The van der Waals surface area contributed by atoms with Crippen LogP contribution >= 0.6 is 0 Å². The van der Waals surface area contributed by atoms with Gasteiger partial charge in [0, 0.05) is 11.8 Å². The van der Waals surface area contributed by atoms with E-state index in [0.717, 1.165) is 19.2 Å². The summed E-state index contributed by atoms with van der Waals surface area (Å²) >= 11 is 0. The number of nitro groups is 1. The zero-order valence-electron chi connectivity index (χ0n) is 14.2. The first kappa shape index (κ1) is 16.9. The lowest BCUT2D eigenvalue weighted by molar-refractivity contribution is -0.627. The van der Waals surface area contributed by atoms with Gasteiger partial charge in [0.05, 0.1) is 16.9 Å². The number of rotatable bonds is 3. The summed E-state index contributed by atoms with van der Waals surface area (Å²) in [6.45, 7) is 6.25. The number of hydrogen-bond acceptors (Lipinski definition) is 6. The van der Waals surface area contributed by atoms with Crippen molar-refractivity contribution >= 4 is 11.9 Å². The van der Waals surface area contributed by atoms with Crippen molar-refractivity contribution in [2.45, 2.75) is 58.2 Å². The second-order valence-electron chi connectivity index (χ2n) is 7.62. The van der Waals surface area contributed by atoms with E-state index >= 15 is 0 Å². The molecular formula is C16H23N2O6+. The lowest BCUT2D eigenvalue weighted by Gasteiger charge is -2.35. The van der Waals surface area contributed by atoms with Crippen LogP contribution < -0.4 is 5.32 Å². The van der Waals surface area contributed by atoms with E-state index in [0.29, 0.717) is 25.0 Å². The molecule has 3 fully saturated rings. The van der Waals surface area contributed by atoms with Gasteiger partial charge in [0.15, 0.2) is 6.10 Å². The van der Waals surface area contributed by atoms with Crippen LogP contribution in [0.15, 0.2) is 11.9 Å². The van der Waals surface area contributed by atoms with Crippen LogP contribution in [0.5, 0.6) is 0 Å². The van der Waals surface area contributed by atoms with Crippen LogP contribution in [0, 0.1) is 20.9 Å². The molecule has 3 aliphatic rings. The van der Waals surface area contributed by atoms with E-state index in [1.54, 1.807) is 5.32 Å². The highest BCUT2D eigenvalue weighted by molar-refractivity contribution is 5.93. The lowest BCUT2D eigenvalue weighted by Crippen LogP contribution is -2.86. The van der Waals surface area contributed by atoms with Crippen LogP contribution in [0.1, 0.15) is 46.5 Å². The van der Waals surface area contributed by atoms with Crippen molar-refractivity contribution in [3.63, 3.8) is 0 Å². The van der Waals surface area contributed by atoms with Gasteiger partial charge in [0.1, 0.15) is 0 Å². The standard InChI is InChI=1S/C16H22N2O6/c1-14(2)15(3)6-7-16(14,24-12(15)19)13(20)23-11-5-4-8-17-10(11)9-18(21)22/h9,11,17H,4-8H2,1-3H3/p+1/t11-,15+,16-/m1/s1. The fourth-order valence-electron chi connectivity index (χ4n) is 4.18. The molecule has 0 radical (unpaired) electrons. The topological polar surface area (TPSA) is 112 Å². The number of carbonyl (C=O) groups is 2. The van der Waals surface area contributed by atoms with Crippen LogP contribution in [-0.2, 0) is 19.1 Å². The van der Waals surface area contributed by atoms with Gasteiger partial charge in [-0.25, -0.2) is 4.79 Å². The summed E-state index contributed by atoms with van der Waals surface area (Å²) in [7, 11) is 0. The largest absolute Gasteiger partial charge is 0.449 e. The van der Waals surface area contributed by atoms with Crippen molar-refractivity contribution in [3.05, 3.63) is 22.0 Å². The molecule has 2 aliphatic heterocycles. The van der Waals surface area contributed by atoms with E-state index in [-0.39, 0.29) is 5.97 Å². The molecule has 3 atom stereocenters. The molecule has 0 amide bonds. The summed E-state index contributed by atoms with van der Waals surface area (Å²) < 4.78 is 11.1. The number of carbonyl (C=O) groups excluding carboxylic acids is 2. The predicted molar refractivity (Wildman–Crippen MR) is 80.9 cm³/mol. The van der Waals surface area contributed by atoms with Crippen LogP contribution in [-0.4, -0.2) is 35.1 Å². The minimum Gasteiger partial charge on any atom is -0.449 e. The summed E-state index contributed by atoms with van der Waals surface area (Å²) in [5.41, 5.74) is -2.28. The molecule has 2 heterocycles. The first-order valence-corrected chi connectivity index (χ1v) is 8.27. The Morgan fingerprint density at radius 2 is 2.12 bits per heavy atom. The number of nitrogens with zero attached hydrogens (tertiary/aromatic N) is 1. The molecule has 0 unspecified atom stereocenters. The summed E-state index contributed by atoms with van der Waals surface area (Å²) in [6.07, 6.45) is 2.55. The summed E-state index contributed by atoms with van der Waals surface area (Å²) in [4.78, 5) is 35.4. The minimum atomic E-state index is -1.30. The average molecular weight is 339 g/mol. The molecule has 24 heavy (non-hydrogen) atoms. The Morgan fingerprint density at radius 3 is 2.67 bits per heavy atom. The normalized spacial score (nSPS) is 38.9. The molecule has 2 saturated heterocycles. The van der Waals surface area contributed by atoms with Crippen molar-refractivity contribution in [2.24, 2.45) is 10.8 Å². The van der Waals surface area contributed by atoms with Gasteiger partial charge in [0.2, 0.25) is 11.3 Å². The number of piperidine rings is 1. The first-order valence-electron chi connectivity index (χ1n) is 8.27. The summed E-state index contributed by atoms with van der Waals surface area (Å²) in [6, 6.07) is 0. The molecule has 132 valence electrons. The fraction of sp³-hybridized carbons (Fsp3) is 0.750. The van der Waals surface area contributed by atoms with Crippen molar-refractivity contribution < 1.29 is 29.3 Å². The third-order valence-electron chi connectivity index (χ3n) is 6.34. The number of fused-ring (bicyclic) bond motifs is 2. The van der Waals surface area contributed by atoms with E-state index in [4.69, 9.17) is 9.47 Å². The molecule has 0 aromatic heterocycles. The second-order valence-corrected chi connectivity index (χ2v) is 7.62.